The van der Waals surface area contributed by atoms with Crippen LogP contribution in [-0.4, -0.2) is 28.3 Å². The lowest BCUT2D eigenvalue weighted by atomic mass is 10.1. The number of anilines is 4. The second-order valence-electron chi connectivity index (χ2n) is 7.31. The van der Waals surface area contributed by atoms with Gasteiger partial charge in [0.2, 0.25) is 0 Å². The molecule has 0 saturated carbocycles. The molecule has 0 saturated heterocycles. The number of pyridine rings is 1. The number of rotatable bonds is 6. The number of halogens is 1. The van der Waals surface area contributed by atoms with Crippen LogP contribution in [0.3, 0.4) is 0 Å². The molecule has 0 amide bonds. The predicted octanol–water partition coefficient (Wildman–Crippen LogP) is 3.74. The van der Waals surface area contributed by atoms with Gasteiger partial charge < -0.3 is 11.1 Å². The summed E-state index contributed by atoms with van der Waals surface area (Å²) in [6.07, 6.45) is 3.25. The first-order valence-electron chi connectivity index (χ1n) is 9.63. The number of hydrogen-bond acceptors (Lipinski definition) is 7. The zero-order chi connectivity index (χ0) is 22.0. The highest BCUT2D eigenvalue weighted by Gasteiger charge is 2.13. The second-order valence-corrected chi connectivity index (χ2v) is 9.58. The van der Waals surface area contributed by atoms with E-state index in [1.807, 2.05) is 49.7 Å². The molecule has 0 aliphatic carbocycles. The van der Waals surface area contributed by atoms with E-state index in [1.165, 1.54) is 17.3 Å². The van der Waals surface area contributed by atoms with Crippen molar-refractivity contribution in [3.63, 3.8) is 0 Å². The van der Waals surface area contributed by atoms with Crippen LogP contribution in [0, 0.1) is 5.82 Å². The maximum atomic E-state index is 14.3. The van der Waals surface area contributed by atoms with E-state index in [4.69, 9.17) is 11.6 Å². The number of benzene rings is 2. The van der Waals surface area contributed by atoms with Crippen LogP contribution in [0.1, 0.15) is 5.56 Å². The number of aromatic nitrogens is 3. The Bertz CT molecular complexity index is 1230. The number of nitrogens with zero attached hydrogens (tertiary/aromatic N) is 4. The lowest BCUT2D eigenvalue weighted by Crippen LogP contribution is -2.32. The standard InChI is InChI=1S/C22H23FN7P/c1-31(2)19-8-6-16(11-17(19)23)28-20-12-27-21(24)22(29-20)30(25)13-14-5-7-18-15(10-14)4-3-9-26-18/h3-12H,13,25H2,1-2H3,(H2,24,27)(H,28,29). The average Bonchev–Trinajstić information content (AvgIpc) is 2.74. The van der Waals surface area contributed by atoms with Crippen molar-refractivity contribution >= 4 is 47.3 Å². The molecule has 0 unspecified atom stereocenters. The first kappa shape index (κ1) is 20.9. The minimum atomic E-state index is -0.516. The van der Waals surface area contributed by atoms with Gasteiger partial charge in [-0.3, -0.25) is 9.99 Å². The third-order valence-electron chi connectivity index (χ3n) is 4.78. The molecule has 0 aliphatic heterocycles. The van der Waals surface area contributed by atoms with Crippen LogP contribution in [0.25, 0.3) is 10.9 Å². The van der Waals surface area contributed by atoms with Crippen molar-refractivity contribution in [3.05, 3.63) is 72.3 Å². The van der Waals surface area contributed by atoms with Crippen LogP contribution in [0.15, 0.2) is 60.9 Å². The topological polar surface area (TPSA) is 106 Å². The Morgan fingerprint density at radius 2 is 1.94 bits per heavy atom. The van der Waals surface area contributed by atoms with Crippen LogP contribution < -0.4 is 27.2 Å². The number of nitrogens with one attached hydrogen (secondary N) is 1. The van der Waals surface area contributed by atoms with Gasteiger partial charge in [0.1, 0.15) is 5.82 Å². The van der Waals surface area contributed by atoms with Gasteiger partial charge in [0.15, 0.2) is 17.5 Å². The number of fused-ring (bicyclic) bond motifs is 1. The minimum absolute atomic E-state index is 0.208. The number of nitrogen functional groups attached to an aromatic ring is 1. The van der Waals surface area contributed by atoms with Crippen molar-refractivity contribution in [2.75, 3.05) is 29.4 Å². The Kier molecular flexibility index (Phi) is 5.93. The summed E-state index contributed by atoms with van der Waals surface area (Å²) in [5, 5.41) is 6.26. The highest BCUT2D eigenvalue weighted by molar-refractivity contribution is 7.64. The van der Waals surface area contributed by atoms with Crippen molar-refractivity contribution in [2.24, 2.45) is 5.84 Å². The van der Waals surface area contributed by atoms with Crippen LogP contribution in [-0.2, 0) is 6.54 Å². The fourth-order valence-corrected chi connectivity index (χ4v) is 4.11. The number of nitrogens with two attached hydrogens (primary N) is 2. The minimum Gasteiger partial charge on any atom is -0.381 e. The number of hydrazine groups is 1. The van der Waals surface area contributed by atoms with Gasteiger partial charge in [-0.05, 0) is 55.3 Å². The van der Waals surface area contributed by atoms with Gasteiger partial charge >= 0.3 is 0 Å². The van der Waals surface area contributed by atoms with Crippen LogP contribution in [0.5, 0.6) is 0 Å². The van der Waals surface area contributed by atoms with E-state index in [-0.39, 0.29) is 11.6 Å². The predicted molar refractivity (Wildman–Crippen MR) is 127 cm³/mol. The normalized spacial score (nSPS) is 11.1. The summed E-state index contributed by atoms with van der Waals surface area (Å²) in [7, 11) is -0.516. The molecule has 2 aromatic heterocycles. The van der Waals surface area contributed by atoms with E-state index in [9.17, 15) is 4.39 Å². The Hall–Kier alpha value is -3.35. The number of hydrogen-bond donors (Lipinski definition) is 3. The monoisotopic (exact) mass is 435 g/mol. The summed E-state index contributed by atoms with van der Waals surface area (Å²) in [6, 6.07) is 14.9. The van der Waals surface area contributed by atoms with E-state index in [1.54, 1.807) is 12.3 Å². The van der Waals surface area contributed by atoms with Gasteiger partial charge in [0.25, 0.3) is 0 Å². The SMILES string of the molecule is CP(C)c1ccc(Nc2cnc(N)c(N(N)Cc3ccc4ncccc4c3)n2)cc1F. The molecule has 0 aliphatic rings. The fraction of sp³-hybridized carbons (Fsp3) is 0.136. The Labute approximate surface area is 181 Å². The van der Waals surface area contributed by atoms with Crippen molar-refractivity contribution in [2.45, 2.75) is 6.54 Å². The van der Waals surface area contributed by atoms with Gasteiger partial charge in [-0.2, -0.15) is 0 Å². The zero-order valence-corrected chi connectivity index (χ0v) is 18.1. The molecule has 0 radical (unpaired) electrons. The Morgan fingerprint density at radius 3 is 2.71 bits per heavy atom. The molecule has 158 valence electrons. The molecular formula is C22H23FN7P. The summed E-state index contributed by atoms with van der Waals surface area (Å²) in [6.45, 7) is 4.41. The highest BCUT2D eigenvalue weighted by atomic mass is 31.1. The van der Waals surface area contributed by atoms with Gasteiger partial charge in [0, 0.05) is 22.6 Å². The van der Waals surface area contributed by atoms with Crippen molar-refractivity contribution in [1.82, 2.24) is 15.0 Å². The Morgan fingerprint density at radius 1 is 1.10 bits per heavy atom. The molecule has 0 spiro atoms. The molecule has 0 fully saturated rings. The van der Waals surface area contributed by atoms with Crippen LogP contribution >= 0.6 is 7.92 Å². The lowest BCUT2D eigenvalue weighted by molar-refractivity contribution is 0.637. The Balaban J connectivity index is 1.54. The van der Waals surface area contributed by atoms with E-state index in [2.05, 4.69) is 20.3 Å². The van der Waals surface area contributed by atoms with E-state index in [0.717, 1.165) is 21.8 Å². The molecule has 5 N–H and O–H groups in total. The van der Waals surface area contributed by atoms with Gasteiger partial charge in [-0.25, -0.2) is 20.2 Å². The van der Waals surface area contributed by atoms with Crippen LogP contribution in [0.4, 0.5) is 27.5 Å². The van der Waals surface area contributed by atoms with Gasteiger partial charge in [-0.15, -0.1) is 0 Å². The molecule has 7 nitrogen and oxygen atoms in total. The van der Waals surface area contributed by atoms with Crippen molar-refractivity contribution < 1.29 is 4.39 Å². The molecule has 4 aromatic rings. The van der Waals surface area contributed by atoms with Crippen molar-refractivity contribution in [1.29, 1.82) is 0 Å². The quantitative estimate of drug-likeness (QED) is 0.241. The maximum absolute atomic E-state index is 14.3. The fourth-order valence-electron chi connectivity index (χ4n) is 3.25. The van der Waals surface area contributed by atoms with E-state index in [0.29, 0.717) is 23.9 Å². The third kappa shape index (κ3) is 4.71. The zero-order valence-electron chi connectivity index (χ0n) is 17.2. The second kappa shape index (κ2) is 8.79. The highest BCUT2D eigenvalue weighted by Crippen LogP contribution is 2.28. The largest absolute Gasteiger partial charge is 0.381 e. The van der Waals surface area contributed by atoms with E-state index < -0.39 is 7.92 Å². The summed E-state index contributed by atoms with van der Waals surface area (Å²) in [5.74, 6) is 6.98. The average molecular weight is 435 g/mol. The summed E-state index contributed by atoms with van der Waals surface area (Å²) < 4.78 is 14.3. The molecule has 4 rings (SSSR count). The molecule has 0 atom stereocenters. The van der Waals surface area contributed by atoms with E-state index >= 15 is 0 Å². The summed E-state index contributed by atoms with van der Waals surface area (Å²) in [5.41, 5.74) is 8.49. The third-order valence-corrected chi connectivity index (χ3v) is 6.10. The molecule has 2 aromatic carbocycles. The smallest absolute Gasteiger partial charge is 0.188 e. The molecule has 31 heavy (non-hydrogen) atoms. The molecule has 0 bridgehead atoms. The first-order valence-corrected chi connectivity index (χ1v) is 11.9. The summed E-state index contributed by atoms with van der Waals surface area (Å²) in [4.78, 5) is 13.0. The molecule has 9 heteroatoms. The van der Waals surface area contributed by atoms with Crippen LogP contribution in [0.2, 0.25) is 0 Å². The molecule has 2 heterocycles. The van der Waals surface area contributed by atoms with Gasteiger partial charge in [-0.1, -0.05) is 20.1 Å². The maximum Gasteiger partial charge on any atom is 0.188 e. The summed E-state index contributed by atoms with van der Waals surface area (Å²) >= 11 is 0. The van der Waals surface area contributed by atoms with Gasteiger partial charge in [0.05, 0.1) is 18.3 Å². The van der Waals surface area contributed by atoms with Crippen molar-refractivity contribution in [3.8, 4) is 0 Å². The lowest BCUT2D eigenvalue weighted by Gasteiger charge is -2.20. The first-order chi connectivity index (χ1) is 14.9. The molecular weight excluding hydrogens is 412 g/mol.